The number of rotatable bonds is 2. The molecule has 2 aromatic carbocycles. The van der Waals surface area contributed by atoms with Crippen LogP contribution in [0, 0.1) is 13.8 Å². The molecule has 29 heavy (non-hydrogen) atoms. The number of H-pyrrole nitrogens is 1. The predicted molar refractivity (Wildman–Crippen MR) is 106 cm³/mol. The molecule has 0 bridgehead atoms. The van der Waals surface area contributed by atoms with E-state index in [1.807, 2.05) is 16.8 Å². The fourth-order valence-corrected chi connectivity index (χ4v) is 4.50. The monoisotopic (exact) mass is 414 g/mol. The Morgan fingerprint density at radius 3 is 2.66 bits per heavy atom. The van der Waals surface area contributed by atoms with Gasteiger partial charge in [0.2, 0.25) is 0 Å². The van der Waals surface area contributed by atoms with E-state index in [-0.39, 0.29) is 31.0 Å². The molecule has 4 N–H and O–H groups in total. The van der Waals surface area contributed by atoms with Gasteiger partial charge in [0.05, 0.1) is 24.6 Å². The summed E-state index contributed by atoms with van der Waals surface area (Å²) in [7, 11) is 0. The summed E-state index contributed by atoms with van der Waals surface area (Å²) in [4.78, 5) is 3.49. The molecule has 0 saturated carbocycles. The second-order valence-electron chi connectivity index (χ2n) is 7.69. The molecule has 0 spiro atoms. The standard InChI is InChI=1S/C22H22N2O4.ClH/c1-11-16-9-24(20-8-18(27)19(10-25)28-20)6-5-14(16)12(2)22-21(11)15-7-13(26)3-4-17(15)23-22;/h3-7,9,18-20,25-27H,8,10H2,1-2H3;1H. The molecule has 2 aromatic heterocycles. The van der Waals surface area contributed by atoms with Crippen molar-refractivity contribution in [2.24, 2.45) is 0 Å². The summed E-state index contributed by atoms with van der Waals surface area (Å²) in [6, 6.07) is 7.46. The summed E-state index contributed by atoms with van der Waals surface area (Å²) in [5, 5.41) is 33.7. The number of nitrogens with zero attached hydrogens (tertiary/aromatic N) is 1. The van der Waals surface area contributed by atoms with Gasteiger partial charge in [0.25, 0.3) is 6.23 Å². The molecule has 152 valence electrons. The Balaban J connectivity index is 0.00000205. The lowest BCUT2D eigenvalue weighted by Gasteiger charge is -2.11. The lowest BCUT2D eigenvalue weighted by atomic mass is 9.97. The van der Waals surface area contributed by atoms with Crippen molar-refractivity contribution in [2.75, 3.05) is 6.61 Å². The van der Waals surface area contributed by atoms with Gasteiger partial charge < -0.3 is 37.4 Å². The van der Waals surface area contributed by atoms with Crippen molar-refractivity contribution in [3.05, 3.63) is 47.8 Å². The molecule has 3 unspecified atom stereocenters. The Morgan fingerprint density at radius 2 is 1.93 bits per heavy atom. The molecular weight excluding hydrogens is 392 g/mol. The summed E-state index contributed by atoms with van der Waals surface area (Å²) in [6.07, 6.45) is 2.94. The highest BCUT2D eigenvalue weighted by Gasteiger charge is 2.39. The number of aromatic hydroxyl groups is 1. The zero-order valence-electron chi connectivity index (χ0n) is 16.2. The second kappa shape index (κ2) is 7.15. The summed E-state index contributed by atoms with van der Waals surface area (Å²) in [5.74, 6) is 0.247. The largest absolute Gasteiger partial charge is 1.00 e. The first-order chi connectivity index (χ1) is 13.5. The molecule has 1 fully saturated rings. The number of phenols is 1. The van der Waals surface area contributed by atoms with Crippen molar-refractivity contribution in [3.8, 4) is 5.75 Å². The number of aryl methyl sites for hydroxylation is 2. The third kappa shape index (κ3) is 2.95. The van der Waals surface area contributed by atoms with E-state index in [4.69, 9.17) is 4.74 Å². The Labute approximate surface area is 173 Å². The second-order valence-corrected chi connectivity index (χ2v) is 7.69. The molecule has 3 atom stereocenters. The van der Waals surface area contributed by atoms with Gasteiger partial charge in [-0.3, -0.25) is 0 Å². The number of aliphatic hydroxyl groups excluding tert-OH is 2. The van der Waals surface area contributed by atoms with Gasteiger partial charge in [-0.1, -0.05) is 0 Å². The van der Waals surface area contributed by atoms with Crippen LogP contribution in [0.5, 0.6) is 5.75 Å². The normalized spacial score (nSPS) is 21.9. The Morgan fingerprint density at radius 1 is 1.14 bits per heavy atom. The number of aromatic amines is 1. The number of fused-ring (bicyclic) bond motifs is 4. The van der Waals surface area contributed by atoms with E-state index in [1.165, 1.54) is 0 Å². The minimum atomic E-state index is -0.667. The molecule has 5 rings (SSSR count). The fraction of sp³-hybridized carbons (Fsp3) is 0.318. The minimum Gasteiger partial charge on any atom is -1.00 e. The average molecular weight is 415 g/mol. The maximum Gasteiger partial charge on any atom is 0.265 e. The number of benzene rings is 2. The van der Waals surface area contributed by atoms with Crippen LogP contribution < -0.4 is 17.0 Å². The van der Waals surface area contributed by atoms with Gasteiger partial charge in [-0.05, 0) is 48.6 Å². The minimum absolute atomic E-state index is 0. The highest BCUT2D eigenvalue weighted by molar-refractivity contribution is 6.16. The Hall–Kier alpha value is -2.38. The lowest BCUT2D eigenvalue weighted by Crippen LogP contribution is -3.00. The quantitative estimate of drug-likeness (QED) is 0.340. The van der Waals surface area contributed by atoms with Gasteiger partial charge >= 0.3 is 0 Å². The molecule has 0 radical (unpaired) electrons. The number of aromatic nitrogens is 2. The SMILES string of the molecule is Cc1c2cc[n+](C3CC(O)C(CO)O3)cc2c(C)c2c1[nH]c1ccc(O)cc12.[Cl-]. The van der Waals surface area contributed by atoms with Gasteiger partial charge in [0.15, 0.2) is 12.4 Å². The summed E-state index contributed by atoms with van der Waals surface area (Å²) >= 11 is 0. The van der Waals surface area contributed by atoms with E-state index in [0.717, 1.165) is 43.7 Å². The number of nitrogens with one attached hydrogen (secondary N) is 1. The third-order valence-corrected chi connectivity index (χ3v) is 6.04. The van der Waals surface area contributed by atoms with Crippen molar-refractivity contribution in [1.82, 2.24) is 4.98 Å². The predicted octanol–water partition coefficient (Wildman–Crippen LogP) is -0.271. The van der Waals surface area contributed by atoms with E-state index in [2.05, 4.69) is 31.1 Å². The van der Waals surface area contributed by atoms with Crippen LogP contribution in [0.3, 0.4) is 0 Å². The summed E-state index contributed by atoms with van der Waals surface area (Å²) in [5.41, 5.74) is 4.35. The number of aliphatic hydroxyl groups is 2. The fourth-order valence-electron chi connectivity index (χ4n) is 4.50. The maximum atomic E-state index is 10.1. The maximum absolute atomic E-state index is 10.1. The van der Waals surface area contributed by atoms with Crippen LogP contribution in [-0.2, 0) is 4.74 Å². The molecule has 6 nitrogen and oxygen atoms in total. The average Bonchev–Trinajstić information content (AvgIpc) is 3.26. The van der Waals surface area contributed by atoms with E-state index >= 15 is 0 Å². The number of halogens is 1. The number of hydrogen-bond donors (Lipinski definition) is 4. The van der Waals surface area contributed by atoms with E-state index < -0.39 is 12.2 Å². The van der Waals surface area contributed by atoms with Crippen LogP contribution in [0.2, 0.25) is 0 Å². The van der Waals surface area contributed by atoms with E-state index in [1.54, 1.807) is 12.1 Å². The van der Waals surface area contributed by atoms with Crippen molar-refractivity contribution in [3.63, 3.8) is 0 Å². The van der Waals surface area contributed by atoms with Gasteiger partial charge in [-0.2, -0.15) is 4.57 Å². The molecule has 0 amide bonds. The van der Waals surface area contributed by atoms with Crippen LogP contribution in [0.1, 0.15) is 23.8 Å². The first-order valence-electron chi connectivity index (χ1n) is 9.50. The first kappa shape index (κ1) is 19.9. The number of phenolic OH excluding ortho intramolecular Hbond substituents is 1. The van der Waals surface area contributed by atoms with E-state index in [0.29, 0.717) is 6.42 Å². The summed E-state index contributed by atoms with van der Waals surface area (Å²) < 4.78 is 7.77. The lowest BCUT2D eigenvalue weighted by molar-refractivity contribution is -0.758. The van der Waals surface area contributed by atoms with Crippen molar-refractivity contribution >= 4 is 32.6 Å². The first-order valence-corrected chi connectivity index (χ1v) is 9.50. The van der Waals surface area contributed by atoms with Gasteiger partial charge in [-0.25, -0.2) is 0 Å². The number of ether oxygens (including phenoxy) is 1. The topological polar surface area (TPSA) is 89.6 Å². The smallest absolute Gasteiger partial charge is 0.265 e. The molecule has 1 aliphatic rings. The highest BCUT2D eigenvalue weighted by Crippen LogP contribution is 2.37. The molecule has 7 heteroatoms. The van der Waals surface area contributed by atoms with Gasteiger partial charge in [-0.15, -0.1) is 0 Å². The molecule has 4 aromatic rings. The van der Waals surface area contributed by atoms with Crippen LogP contribution >= 0.6 is 0 Å². The molecule has 1 aliphatic heterocycles. The molecule has 1 saturated heterocycles. The molecular formula is C22H23ClN2O4. The van der Waals surface area contributed by atoms with Crippen LogP contribution in [0.4, 0.5) is 0 Å². The van der Waals surface area contributed by atoms with Gasteiger partial charge in [0, 0.05) is 27.7 Å². The Kier molecular flexibility index (Phi) is 4.91. The van der Waals surface area contributed by atoms with Crippen molar-refractivity contribution < 1.29 is 37.0 Å². The third-order valence-electron chi connectivity index (χ3n) is 6.04. The zero-order valence-corrected chi connectivity index (χ0v) is 16.9. The molecule has 0 aliphatic carbocycles. The Bertz CT molecular complexity index is 1240. The number of pyridine rings is 1. The number of hydrogen-bond acceptors (Lipinski definition) is 4. The van der Waals surface area contributed by atoms with E-state index in [9.17, 15) is 15.3 Å². The van der Waals surface area contributed by atoms with Crippen molar-refractivity contribution in [2.45, 2.75) is 38.7 Å². The van der Waals surface area contributed by atoms with Gasteiger partial charge in [0.1, 0.15) is 11.9 Å². The van der Waals surface area contributed by atoms with Crippen LogP contribution in [0.25, 0.3) is 32.6 Å². The van der Waals surface area contributed by atoms with Crippen molar-refractivity contribution in [1.29, 1.82) is 0 Å². The zero-order chi connectivity index (χ0) is 19.6. The summed E-state index contributed by atoms with van der Waals surface area (Å²) in [6.45, 7) is 4.00. The van der Waals surface area contributed by atoms with Crippen LogP contribution in [-0.4, -0.2) is 39.1 Å². The highest BCUT2D eigenvalue weighted by atomic mass is 35.5. The van der Waals surface area contributed by atoms with Crippen LogP contribution in [0.15, 0.2) is 36.7 Å². The molecule has 3 heterocycles.